The summed E-state index contributed by atoms with van der Waals surface area (Å²) in [4.78, 5) is 43.6. The maximum absolute atomic E-state index is 13.4. The van der Waals surface area contributed by atoms with Crippen molar-refractivity contribution in [2.24, 2.45) is 0 Å². The van der Waals surface area contributed by atoms with E-state index in [1.807, 2.05) is 35.7 Å². The lowest BCUT2D eigenvalue weighted by molar-refractivity contribution is -0.137. The van der Waals surface area contributed by atoms with Gasteiger partial charge >= 0.3 is 6.03 Å². The summed E-state index contributed by atoms with van der Waals surface area (Å²) in [7, 11) is 0. The number of imide groups is 1. The lowest BCUT2D eigenvalue weighted by Crippen LogP contribution is -2.49. The van der Waals surface area contributed by atoms with Crippen molar-refractivity contribution >= 4 is 40.6 Å². The average molecular weight is 455 g/mol. The number of thiophene rings is 1. The SMILES string of the molecule is C[C@H](C(=O)Nc1ccc(N2CCOCC2)cc1)N1C(=O)N[C@@]2(CCCc3sccc32)C1=O. The molecule has 1 spiro atoms. The van der Waals surface area contributed by atoms with E-state index in [1.54, 1.807) is 18.3 Å². The van der Waals surface area contributed by atoms with Crippen LogP contribution in [-0.4, -0.2) is 55.1 Å². The number of hydrogen-bond donors (Lipinski definition) is 2. The summed E-state index contributed by atoms with van der Waals surface area (Å²) in [6.07, 6.45) is 2.28. The normalized spacial score (nSPS) is 23.8. The van der Waals surface area contributed by atoms with Crippen LogP contribution in [0.3, 0.4) is 0 Å². The van der Waals surface area contributed by atoms with Gasteiger partial charge in [0.25, 0.3) is 5.91 Å². The first-order chi connectivity index (χ1) is 15.5. The van der Waals surface area contributed by atoms with Crippen molar-refractivity contribution in [1.29, 1.82) is 0 Å². The van der Waals surface area contributed by atoms with Crippen molar-refractivity contribution in [2.75, 3.05) is 36.5 Å². The highest BCUT2D eigenvalue weighted by Crippen LogP contribution is 2.42. The fraction of sp³-hybridized carbons (Fsp3) is 0.435. The van der Waals surface area contributed by atoms with Gasteiger partial charge in [-0.2, -0.15) is 0 Å². The fourth-order valence-corrected chi connectivity index (χ4v) is 5.80. The smallest absolute Gasteiger partial charge is 0.326 e. The van der Waals surface area contributed by atoms with Crippen molar-refractivity contribution < 1.29 is 19.1 Å². The highest BCUT2D eigenvalue weighted by atomic mass is 32.1. The molecular formula is C23H26N4O4S. The van der Waals surface area contributed by atoms with Gasteiger partial charge in [0.05, 0.1) is 13.2 Å². The zero-order valence-electron chi connectivity index (χ0n) is 17.9. The zero-order chi connectivity index (χ0) is 22.3. The Bertz CT molecular complexity index is 1050. The maximum Gasteiger partial charge on any atom is 0.326 e. The zero-order valence-corrected chi connectivity index (χ0v) is 18.7. The number of amides is 4. The molecular weight excluding hydrogens is 428 g/mol. The summed E-state index contributed by atoms with van der Waals surface area (Å²) >= 11 is 1.61. The quantitative estimate of drug-likeness (QED) is 0.694. The fourth-order valence-electron chi connectivity index (χ4n) is 4.80. The molecule has 3 heterocycles. The predicted molar refractivity (Wildman–Crippen MR) is 122 cm³/mol. The van der Waals surface area contributed by atoms with E-state index >= 15 is 0 Å². The minimum Gasteiger partial charge on any atom is -0.378 e. The molecule has 8 nitrogen and oxygen atoms in total. The van der Waals surface area contributed by atoms with Crippen LogP contribution in [-0.2, 0) is 26.3 Å². The van der Waals surface area contributed by atoms with Gasteiger partial charge in [0.1, 0.15) is 11.6 Å². The molecule has 2 aliphatic heterocycles. The minimum absolute atomic E-state index is 0.341. The Hall–Kier alpha value is -2.91. The molecule has 2 N–H and O–H groups in total. The number of fused-ring (bicyclic) bond motifs is 2. The van der Waals surface area contributed by atoms with E-state index < -0.39 is 23.5 Å². The van der Waals surface area contributed by atoms with Crippen molar-refractivity contribution in [3.8, 4) is 0 Å². The number of carbonyl (C=O) groups excluding carboxylic acids is 3. The van der Waals surface area contributed by atoms with Crippen LogP contribution in [0, 0.1) is 0 Å². The number of hydrogen-bond acceptors (Lipinski definition) is 6. The lowest BCUT2D eigenvalue weighted by atomic mass is 9.80. The molecule has 4 amide bonds. The van der Waals surface area contributed by atoms with Gasteiger partial charge in [-0.05, 0) is 61.9 Å². The van der Waals surface area contributed by atoms with Gasteiger partial charge in [-0.3, -0.25) is 9.59 Å². The van der Waals surface area contributed by atoms with Crippen LogP contribution in [0.1, 0.15) is 30.2 Å². The summed E-state index contributed by atoms with van der Waals surface area (Å²) in [5.41, 5.74) is 1.53. The first kappa shape index (κ1) is 21.0. The van der Waals surface area contributed by atoms with E-state index in [-0.39, 0.29) is 5.91 Å². The van der Waals surface area contributed by atoms with E-state index in [1.165, 1.54) is 0 Å². The van der Waals surface area contributed by atoms with Gasteiger partial charge in [-0.15, -0.1) is 11.3 Å². The van der Waals surface area contributed by atoms with E-state index in [0.29, 0.717) is 25.3 Å². The molecule has 0 radical (unpaired) electrons. The molecule has 5 rings (SSSR count). The van der Waals surface area contributed by atoms with Crippen LogP contribution in [0.4, 0.5) is 16.2 Å². The molecule has 0 saturated carbocycles. The monoisotopic (exact) mass is 454 g/mol. The second-order valence-electron chi connectivity index (χ2n) is 8.43. The number of nitrogens with zero attached hydrogens (tertiary/aromatic N) is 2. The molecule has 2 fully saturated rings. The Morgan fingerprint density at radius 3 is 2.69 bits per heavy atom. The number of ether oxygens (including phenoxy) is 1. The number of nitrogens with one attached hydrogen (secondary N) is 2. The van der Waals surface area contributed by atoms with Crippen LogP contribution in [0.2, 0.25) is 0 Å². The summed E-state index contributed by atoms with van der Waals surface area (Å²) < 4.78 is 5.38. The molecule has 32 heavy (non-hydrogen) atoms. The molecule has 2 aromatic rings. The number of urea groups is 1. The number of carbonyl (C=O) groups is 3. The van der Waals surface area contributed by atoms with Gasteiger partial charge in [-0.1, -0.05) is 0 Å². The lowest BCUT2D eigenvalue weighted by Gasteiger charge is -2.31. The van der Waals surface area contributed by atoms with Gasteiger partial charge < -0.3 is 20.3 Å². The standard InChI is InChI=1S/C23H26N4O4S/c1-15(20(28)24-16-4-6-17(7-5-16)26-10-12-31-13-11-26)27-21(29)23(25-22(27)30)9-2-3-19-18(23)8-14-32-19/h4-8,14-15H,2-3,9-13H2,1H3,(H,24,28)(H,25,30)/t15-,23-/m1/s1. The van der Waals surface area contributed by atoms with Gasteiger partial charge in [0, 0.05) is 34.9 Å². The van der Waals surface area contributed by atoms with Crippen LogP contribution in [0.25, 0.3) is 0 Å². The number of anilines is 2. The van der Waals surface area contributed by atoms with E-state index in [2.05, 4.69) is 15.5 Å². The second-order valence-corrected chi connectivity index (χ2v) is 9.43. The largest absolute Gasteiger partial charge is 0.378 e. The van der Waals surface area contributed by atoms with Gasteiger partial charge in [0.15, 0.2) is 0 Å². The van der Waals surface area contributed by atoms with Gasteiger partial charge in [-0.25, -0.2) is 9.69 Å². The molecule has 0 unspecified atom stereocenters. The number of benzene rings is 1. The average Bonchev–Trinajstić information content (AvgIpc) is 3.38. The Labute approximate surface area is 190 Å². The predicted octanol–water partition coefficient (Wildman–Crippen LogP) is 2.70. The van der Waals surface area contributed by atoms with Crippen LogP contribution < -0.4 is 15.5 Å². The number of aryl methyl sites for hydroxylation is 1. The van der Waals surface area contributed by atoms with Crippen molar-refractivity contribution in [2.45, 2.75) is 37.8 Å². The van der Waals surface area contributed by atoms with Crippen LogP contribution >= 0.6 is 11.3 Å². The molecule has 9 heteroatoms. The first-order valence-corrected chi connectivity index (χ1v) is 11.8. The van der Waals surface area contributed by atoms with Crippen molar-refractivity contribution in [1.82, 2.24) is 10.2 Å². The second kappa shape index (κ2) is 8.22. The molecule has 1 aliphatic carbocycles. The Morgan fingerprint density at radius 2 is 1.94 bits per heavy atom. The first-order valence-electron chi connectivity index (χ1n) is 11.0. The highest BCUT2D eigenvalue weighted by molar-refractivity contribution is 7.10. The minimum atomic E-state index is -1.04. The highest BCUT2D eigenvalue weighted by Gasteiger charge is 2.56. The van der Waals surface area contributed by atoms with Crippen LogP contribution in [0.5, 0.6) is 0 Å². The van der Waals surface area contributed by atoms with E-state index in [4.69, 9.17) is 4.74 Å². The molecule has 3 aliphatic rings. The Morgan fingerprint density at radius 1 is 1.19 bits per heavy atom. The van der Waals surface area contributed by atoms with Crippen molar-refractivity contribution in [3.05, 3.63) is 46.2 Å². The molecule has 2 saturated heterocycles. The summed E-state index contributed by atoms with van der Waals surface area (Å²) in [5, 5.41) is 7.70. The molecule has 168 valence electrons. The topological polar surface area (TPSA) is 91.0 Å². The van der Waals surface area contributed by atoms with Crippen molar-refractivity contribution in [3.63, 3.8) is 0 Å². The molecule has 1 aromatic carbocycles. The Kier molecular flexibility index (Phi) is 5.38. The van der Waals surface area contributed by atoms with Crippen LogP contribution in [0.15, 0.2) is 35.7 Å². The Balaban J connectivity index is 1.29. The third kappa shape index (κ3) is 3.45. The number of rotatable bonds is 4. The van der Waals surface area contributed by atoms with Gasteiger partial charge in [0.2, 0.25) is 5.91 Å². The summed E-state index contributed by atoms with van der Waals surface area (Å²) in [6.45, 7) is 4.67. The summed E-state index contributed by atoms with van der Waals surface area (Å²) in [5.74, 6) is -0.738. The van der Waals surface area contributed by atoms with E-state index in [9.17, 15) is 14.4 Å². The molecule has 0 bridgehead atoms. The molecule has 2 atom stereocenters. The third-order valence-electron chi connectivity index (χ3n) is 6.56. The maximum atomic E-state index is 13.4. The van der Waals surface area contributed by atoms with E-state index in [0.717, 1.165) is 47.0 Å². The third-order valence-corrected chi connectivity index (χ3v) is 7.54. The number of morpholine rings is 1. The summed E-state index contributed by atoms with van der Waals surface area (Å²) in [6, 6.07) is 8.05. The molecule has 1 aromatic heterocycles.